The Hall–Kier alpha value is -1.20. The molecule has 1 aliphatic heterocycles. The van der Waals surface area contributed by atoms with E-state index < -0.39 is 7.12 Å². The second-order valence-electron chi connectivity index (χ2n) is 7.87. The maximum atomic E-state index is 9.62. The van der Waals surface area contributed by atoms with Crippen molar-refractivity contribution in [3.63, 3.8) is 0 Å². The van der Waals surface area contributed by atoms with Gasteiger partial charge in [-0.1, -0.05) is 6.07 Å². The lowest BCUT2D eigenvalue weighted by molar-refractivity contribution is -0.00625. The fourth-order valence-electron chi connectivity index (χ4n) is 6.02. The normalized spacial score (nSPS) is 37.6. The minimum Gasteiger partial charge on any atom is -0.454 e. The SMILES string of the molecule is OB(O)c1cc2c(c(C34CC5CC(CC(C5)C3)C4)c1)OCO2. The van der Waals surface area contributed by atoms with E-state index in [0.29, 0.717) is 11.2 Å². The Morgan fingerprint density at radius 2 is 1.59 bits per heavy atom. The predicted octanol–water partition coefficient (Wildman–Crippen LogP) is 1.56. The number of hydrogen-bond acceptors (Lipinski definition) is 4. The van der Waals surface area contributed by atoms with E-state index >= 15 is 0 Å². The summed E-state index contributed by atoms with van der Waals surface area (Å²) >= 11 is 0. The maximum Gasteiger partial charge on any atom is 0.488 e. The van der Waals surface area contributed by atoms with E-state index in [1.807, 2.05) is 6.07 Å². The van der Waals surface area contributed by atoms with Crippen LogP contribution < -0.4 is 14.9 Å². The number of ether oxygens (including phenoxy) is 2. The van der Waals surface area contributed by atoms with Crippen LogP contribution >= 0.6 is 0 Å². The summed E-state index contributed by atoms with van der Waals surface area (Å²) in [5.41, 5.74) is 1.86. The van der Waals surface area contributed by atoms with E-state index in [2.05, 4.69) is 0 Å². The molecule has 0 saturated heterocycles. The molecule has 6 rings (SSSR count). The molecule has 5 heteroatoms. The van der Waals surface area contributed by atoms with Gasteiger partial charge < -0.3 is 19.5 Å². The summed E-state index contributed by atoms with van der Waals surface area (Å²) in [4.78, 5) is 0. The van der Waals surface area contributed by atoms with E-state index in [1.54, 1.807) is 6.07 Å². The van der Waals surface area contributed by atoms with Crippen molar-refractivity contribution in [3.05, 3.63) is 17.7 Å². The van der Waals surface area contributed by atoms with Gasteiger partial charge in [-0.15, -0.1) is 0 Å². The average molecular weight is 300 g/mol. The molecule has 2 N–H and O–H groups in total. The molecule has 4 fully saturated rings. The van der Waals surface area contributed by atoms with Crippen molar-refractivity contribution in [2.24, 2.45) is 17.8 Å². The molecule has 0 spiro atoms. The van der Waals surface area contributed by atoms with Crippen LogP contribution in [0.25, 0.3) is 0 Å². The van der Waals surface area contributed by atoms with Gasteiger partial charge in [-0.3, -0.25) is 0 Å². The summed E-state index contributed by atoms with van der Waals surface area (Å²) in [6.45, 7) is 0.236. The highest BCUT2D eigenvalue weighted by Gasteiger charge is 2.53. The fraction of sp³-hybridized carbons (Fsp3) is 0.647. The van der Waals surface area contributed by atoms with E-state index in [4.69, 9.17) is 9.47 Å². The van der Waals surface area contributed by atoms with Crippen molar-refractivity contribution < 1.29 is 19.5 Å². The largest absolute Gasteiger partial charge is 0.488 e. The molecule has 116 valence electrons. The second-order valence-corrected chi connectivity index (χ2v) is 7.87. The van der Waals surface area contributed by atoms with Gasteiger partial charge in [0.05, 0.1) is 0 Å². The number of hydrogen-bond donors (Lipinski definition) is 2. The van der Waals surface area contributed by atoms with E-state index in [1.165, 1.54) is 44.1 Å². The molecule has 5 aliphatic rings. The summed E-state index contributed by atoms with van der Waals surface area (Å²) in [6, 6.07) is 3.67. The Balaban J connectivity index is 1.66. The minimum atomic E-state index is -1.46. The van der Waals surface area contributed by atoms with Gasteiger partial charge >= 0.3 is 7.12 Å². The molecule has 1 heterocycles. The molecule has 0 atom stereocenters. The number of fused-ring (bicyclic) bond motifs is 1. The molecule has 0 unspecified atom stereocenters. The average Bonchev–Trinajstić information content (AvgIpc) is 2.92. The van der Waals surface area contributed by atoms with Gasteiger partial charge in [-0.2, -0.15) is 0 Å². The van der Waals surface area contributed by atoms with Crippen molar-refractivity contribution in [2.45, 2.75) is 43.9 Å². The summed E-state index contributed by atoms with van der Waals surface area (Å²) in [5, 5.41) is 19.2. The number of rotatable bonds is 2. The quantitative estimate of drug-likeness (QED) is 0.814. The van der Waals surface area contributed by atoms with Crippen LogP contribution in [0.3, 0.4) is 0 Å². The second kappa shape index (κ2) is 4.42. The molecule has 0 amide bonds. The zero-order valence-corrected chi connectivity index (χ0v) is 12.6. The van der Waals surface area contributed by atoms with Crippen molar-refractivity contribution in [2.75, 3.05) is 6.79 Å². The van der Waals surface area contributed by atoms with Crippen LogP contribution in [0.1, 0.15) is 44.1 Å². The van der Waals surface area contributed by atoms with Crippen LogP contribution in [0.15, 0.2) is 12.1 Å². The van der Waals surface area contributed by atoms with E-state index in [0.717, 1.165) is 23.5 Å². The molecule has 22 heavy (non-hydrogen) atoms. The highest BCUT2D eigenvalue weighted by molar-refractivity contribution is 6.58. The summed E-state index contributed by atoms with van der Waals surface area (Å²) in [6.07, 6.45) is 7.84. The lowest BCUT2D eigenvalue weighted by Crippen LogP contribution is -2.49. The summed E-state index contributed by atoms with van der Waals surface area (Å²) < 4.78 is 11.3. The molecule has 4 saturated carbocycles. The first kappa shape index (κ1) is 13.3. The maximum absolute atomic E-state index is 9.62. The molecule has 4 bridgehead atoms. The van der Waals surface area contributed by atoms with Gasteiger partial charge in [0.25, 0.3) is 0 Å². The highest BCUT2D eigenvalue weighted by Crippen LogP contribution is 2.62. The minimum absolute atomic E-state index is 0.164. The molecule has 0 aromatic heterocycles. The topological polar surface area (TPSA) is 58.9 Å². The molecule has 0 radical (unpaired) electrons. The Kier molecular flexibility index (Phi) is 2.66. The molecule has 1 aromatic carbocycles. The number of benzene rings is 1. The van der Waals surface area contributed by atoms with Crippen molar-refractivity contribution in [3.8, 4) is 11.5 Å². The van der Waals surface area contributed by atoms with E-state index in [-0.39, 0.29) is 12.2 Å². The zero-order valence-electron chi connectivity index (χ0n) is 12.6. The van der Waals surface area contributed by atoms with Crippen molar-refractivity contribution in [1.29, 1.82) is 0 Å². The van der Waals surface area contributed by atoms with E-state index in [9.17, 15) is 10.0 Å². The van der Waals surface area contributed by atoms with Crippen molar-refractivity contribution in [1.82, 2.24) is 0 Å². The Morgan fingerprint density at radius 3 is 2.18 bits per heavy atom. The third-order valence-electron chi connectivity index (χ3n) is 6.40. The van der Waals surface area contributed by atoms with Crippen LogP contribution in [-0.4, -0.2) is 24.0 Å². The Labute approximate surface area is 130 Å². The first-order valence-corrected chi connectivity index (χ1v) is 8.43. The smallest absolute Gasteiger partial charge is 0.454 e. The molecular formula is C17H21BO4. The van der Waals surface area contributed by atoms with Gasteiger partial charge in [0.15, 0.2) is 11.5 Å². The third-order valence-corrected chi connectivity index (χ3v) is 6.40. The lowest BCUT2D eigenvalue weighted by Gasteiger charge is -2.57. The van der Waals surface area contributed by atoms with Crippen LogP contribution in [0, 0.1) is 17.8 Å². The molecule has 4 aliphatic carbocycles. The van der Waals surface area contributed by atoms with Crippen LogP contribution in [0.4, 0.5) is 0 Å². The molecule has 4 nitrogen and oxygen atoms in total. The van der Waals surface area contributed by atoms with Crippen molar-refractivity contribution >= 4 is 12.6 Å². The standard InChI is InChI=1S/C17H21BO4/c19-18(20)13-4-14(16-15(5-13)21-9-22-16)17-6-10-1-11(7-17)3-12(2-10)8-17/h4-5,10-12,19-20H,1-3,6-9H2. The molecule has 1 aromatic rings. The van der Waals surface area contributed by atoms with Gasteiger partial charge in [0, 0.05) is 5.56 Å². The summed E-state index contributed by atoms with van der Waals surface area (Å²) in [7, 11) is -1.46. The zero-order chi connectivity index (χ0) is 14.9. The Bertz CT molecular complexity index is 592. The van der Waals surface area contributed by atoms with Gasteiger partial charge in [0.1, 0.15) is 0 Å². The van der Waals surface area contributed by atoms with Crippen LogP contribution in [0.5, 0.6) is 11.5 Å². The third kappa shape index (κ3) is 1.78. The highest BCUT2D eigenvalue weighted by atomic mass is 16.7. The lowest BCUT2D eigenvalue weighted by atomic mass is 9.47. The van der Waals surface area contributed by atoms with Crippen LogP contribution in [-0.2, 0) is 5.41 Å². The first-order valence-electron chi connectivity index (χ1n) is 8.43. The van der Waals surface area contributed by atoms with Crippen LogP contribution in [0.2, 0.25) is 0 Å². The van der Waals surface area contributed by atoms with Gasteiger partial charge in [-0.25, -0.2) is 0 Å². The van der Waals surface area contributed by atoms with Gasteiger partial charge in [0.2, 0.25) is 6.79 Å². The van der Waals surface area contributed by atoms with Gasteiger partial charge in [-0.05, 0) is 73.2 Å². The predicted molar refractivity (Wildman–Crippen MR) is 82.2 cm³/mol. The first-order chi connectivity index (χ1) is 10.6. The summed E-state index contributed by atoms with van der Waals surface area (Å²) in [5.74, 6) is 4.05. The monoisotopic (exact) mass is 300 g/mol. The Morgan fingerprint density at radius 1 is 0.955 bits per heavy atom. The molecular weight excluding hydrogens is 279 g/mol. The fourth-order valence-corrected chi connectivity index (χ4v) is 6.02.